The summed E-state index contributed by atoms with van der Waals surface area (Å²) in [5, 5.41) is 10.7. The number of esters is 1. The predicted molar refractivity (Wildman–Crippen MR) is 59.5 cm³/mol. The van der Waals surface area contributed by atoms with E-state index in [1.165, 1.54) is 12.1 Å². The van der Waals surface area contributed by atoms with E-state index in [0.29, 0.717) is 0 Å². The van der Waals surface area contributed by atoms with Gasteiger partial charge in [-0.25, -0.2) is 4.79 Å². The van der Waals surface area contributed by atoms with E-state index in [2.05, 4.69) is 4.74 Å². The number of benzene rings is 1. The monoisotopic (exact) mass is 257 g/mol. The van der Waals surface area contributed by atoms with Crippen LogP contribution in [0.2, 0.25) is 5.02 Å². The Bertz CT molecular complexity index is 486. The zero-order valence-electron chi connectivity index (χ0n) is 8.81. The minimum Gasteiger partial charge on any atom is -0.462 e. The Hall–Kier alpha value is -1.95. The quantitative estimate of drug-likeness (QED) is 0.357. The van der Waals surface area contributed by atoms with Crippen LogP contribution in [0.3, 0.4) is 0 Å². The lowest BCUT2D eigenvalue weighted by Crippen LogP contribution is -2.10. The molecule has 0 N–H and O–H groups in total. The average Bonchev–Trinajstić information content (AvgIpc) is 2.28. The molecular formula is C10H8ClNO5. The first-order chi connectivity index (χ1) is 8.02. The lowest BCUT2D eigenvalue weighted by Gasteiger charge is -2.06. The normalized spacial score (nSPS) is 9.76. The largest absolute Gasteiger partial charge is 0.462 e. The maximum absolute atomic E-state index is 11.5. The van der Waals surface area contributed by atoms with E-state index in [1.807, 2.05) is 0 Å². The average molecular weight is 258 g/mol. The van der Waals surface area contributed by atoms with Crippen molar-refractivity contribution in [1.82, 2.24) is 0 Å². The van der Waals surface area contributed by atoms with Gasteiger partial charge in [0.15, 0.2) is 11.8 Å². The molecule has 0 unspecified atom stereocenters. The smallest absolute Gasteiger partial charge is 0.346 e. The molecule has 0 amide bonds. The van der Waals surface area contributed by atoms with Crippen molar-refractivity contribution in [1.29, 1.82) is 0 Å². The highest BCUT2D eigenvalue weighted by Crippen LogP contribution is 2.30. The Morgan fingerprint density at radius 3 is 2.71 bits per heavy atom. The van der Waals surface area contributed by atoms with Gasteiger partial charge in [0.25, 0.3) is 5.69 Å². The second kappa shape index (κ2) is 5.40. The zero-order valence-corrected chi connectivity index (χ0v) is 9.56. The Morgan fingerprint density at radius 1 is 1.59 bits per heavy atom. The highest BCUT2D eigenvalue weighted by molar-refractivity contribution is 6.34. The number of hydrogen-bond donors (Lipinski definition) is 0. The van der Waals surface area contributed by atoms with Gasteiger partial charge in [0.1, 0.15) is 0 Å². The second-order valence-electron chi connectivity index (χ2n) is 2.96. The van der Waals surface area contributed by atoms with Crippen molar-refractivity contribution in [3.63, 3.8) is 0 Å². The number of nitro groups is 1. The molecule has 0 aliphatic carbocycles. The van der Waals surface area contributed by atoms with Crippen molar-refractivity contribution in [2.75, 3.05) is 6.61 Å². The van der Waals surface area contributed by atoms with Gasteiger partial charge in [-0.3, -0.25) is 14.9 Å². The van der Waals surface area contributed by atoms with Crippen molar-refractivity contribution in [3.8, 4) is 0 Å². The molecule has 1 aromatic carbocycles. The third-order valence-corrected chi connectivity index (χ3v) is 2.26. The van der Waals surface area contributed by atoms with Crippen molar-refractivity contribution in [3.05, 3.63) is 38.4 Å². The number of ether oxygens (including phenoxy) is 1. The summed E-state index contributed by atoms with van der Waals surface area (Å²) in [6.07, 6.45) is 0.289. The van der Waals surface area contributed by atoms with Crippen molar-refractivity contribution in [2.45, 2.75) is 6.92 Å². The fraction of sp³-hybridized carbons (Fsp3) is 0.200. The number of halogens is 1. The summed E-state index contributed by atoms with van der Waals surface area (Å²) in [5.41, 5.74) is -1.25. The van der Waals surface area contributed by atoms with Crippen LogP contribution in [0.4, 0.5) is 5.69 Å². The minimum absolute atomic E-state index is 0.0532. The maximum atomic E-state index is 11.5. The van der Waals surface area contributed by atoms with E-state index in [9.17, 15) is 19.7 Å². The number of carbonyl (C=O) groups excluding carboxylic acids is 2. The SMILES string of the molecule is CCOC(=O)c1c(Cl)ccc(C=O)c1[N+](=O)[O-]. The molecule has 0 fully saturated rings. The number of carbonyl (C=O) groups is 2. The van der Waals surface area contributed by atoms with Gasteiger partial charge in [-0.1, -0.05) is 11.6 Å². The van der Waals surface area contributed by atoms with Gasteiger partial charge in [-0.2, -0.15) is 0 Å². The molecule has 0 saturated carbocycles. The molecule has 1 rings (SSSR count). The molecule has 6 nitrogen and oxygen atoms in total. The van der Waals surface area contributed by atoms with Crippen LogP contribution >= 0.6 is 11.6 Å². The fourth-order valence-electron chi connectivity index (χ4n) is 1.27. The molecular weight excluding hydrogens is 250 g/mol. The highest BCUT2D eigenvalue weighted by atomic mass is 35.5. The Kier molecular flexibility index (Phi) is 4.17. The van der Waals surface area contributed by atoms with Crippen LogP contribution in [0.15, 0.2) is 12.1 Å². The van der Waals surface area contributed by atoms with Gasteiger partial charge in [0.05, 0.1) is 22.1 Å². The number of hydrogen-bond acceptors (Lipinski definition) is 5. The van der Waals surface area contributed by atoms with Gasteiger partial charge >= 0.3 is 5.97 Å². The summed E-state index contributed by atoms with van der Waals surface area (Å²) < 4.78 is 4.66. The molecule has 0 radical (unpaired) electrons. The molecule has 17 heavy (non-hydrogen) atoms. The molecule has 0 aliphatic heterocycles. The summed E-state index contributed by atoms with van der Waals surface area (Å²) in [4.78, 5) is 32.2. The number of nitrogens with zero attached hydrogens (tertiary/aromatic N) is 1. The molecule has 0 heterocycles. The molecule has 0 aliphatic rings. The first-order valence-electron chi connectivity index (χ1n) is 4.62. The summed E-state index contributed by atoms with van der Waals surface area (Å²) in [5.74, 6) is -0.923. The van der Waals surface area contributed by atoms with E-state index in [0.717, 1.165) is 0 Å². The summed E-state index contributed by atoms with van der Waals surface area (Å²) in [6.45, 7) is 1.61. The number of rotatable bonds is 4. The van der Waals surface area contributed by atoms with Crippen LogP contribution in [0.1, 0.15) is 27.6 Å². The Morgan fingerprint density at radius 2 is 2.24 bits per heavy atom. The first-order valence-corrected chi connectivity index (χ1v) is 4.99. The van der Waals surface area contributed by atoms with Gasteiger partial charge in [-0.15, -0.1) is 0 Å². The van der Waals surface area contributed by atoms with E-state index < -0.39 is 22.1 Å². The van der Waals surface area contributed by atoms with Crippen molar-refractivity contribution < 1.29 is 19.2 Å². The van der Waals surface area contributed by atoms with E-state index in [1.54, 1.807) is 6.92 Å². The maximum Gasteiger partial charge on any atom is 0.346 e. The Labute approximate surface area is 101 Å². The molecule has 0 aromatic heterocycles. The molecule has 0 bridgehead atoms. The van der Waals surface area contributed by atoms with E-state index >= 15 is 0 Å². The fourth-order valence-corrected chi connectivity index (χ4v) is 1.50. The number of aldehydes is 1. The van der Waals surface area contributed by atoms with Crippen LogP contribution in [-0.4, -0.2) is 23.8 Å². The number of nitro benzene ring substituents is 1. The lowest BCUT2D eigenvalue weighted by atomic mass is 10.1. The topological polar surface area (TPSA) is 86.5 Å². The lowest BCUT2D eigenvalue weighted by molar-refractivity contribution is -0.385. The van der Waals surface area contributed by atoms with E-state index in [4.69, 9.17) is 11.6 Å². The van der Waals surface area contributed by atoms with Crippen molar-refractivity contribution in [2.24, 2.45) is 0 Å². The Balaban J connectivity index is 3.49. The van der Waals surface area contributed by atoms with Gasteiger partial charge in [0.2, 0.25) is 0 Å². The van der Waals surface area contributed by atoms with Gasteiger partial charge in [0, 0.05) is 0 Å². The summed E-state index contributed by atoms with van der Waals surface area (Å²) in [6, 6.07) is 2.42. The molecule has 1 aromatic rings. The van der Waals surface area contributed by atoms with Crippen LogP contribution in [0.5, 0.6) is 0 Å². The van der Waals surface area contributed by atoms with Crippen LogP contribution < -0.4 is 0 Å². The van der Waals surface area contributed by atoms with Gasteiger partial charge in [-0.05, 0) is 19.1 Å². The summed E-state index contributed by atoms with van der Waals surface area (Å²) in [7, 11) is 0. The first kappa shape index (κ1) is 13.1. The zero-order chi connectivity index (χ0) is 13.0. The third-order valence-electron chi connectivity index (χ3n) is 1.95. The van der Waals surface area contributed by atoms with Crippen LogP contribution in [0, 0.1) is 10.1 Å². The second-order valence-corrected chi connectivity index (χ2v) is 3.36. The molecule has 0 spiro atoms. The van der Waals surface area contributed by atoms with Crippen molar-refractivity contribution >= 4 is 29.5 Å². The molecule has 0 saturated heterocycles. The predicted octanol–water partition coefficient (Wildman–Crippen LogP) is 2.24. The van der Waals surface area contributed by atoms with Crippen LogP contribution in [-0.2, 0) is 4.74 Å². The minimum atomic E-state index is -0.923. The highest BCUT2D eigenvalue weighted by Gasteiger charge is 2.28. The standard InChI is InChI=1S/C10H8ClNO5/c1-2-17-10(14)8-7(11)4-3-6(5-13)9(8)12(15)16/h3-5H,2H2,1H3. The molecule has 7 heteroatoms. The third kappa shape index (κ3) is 2.59. The van der Waals surface area contributed by atoms with Gasteiger partial charge < -0.3 is 4.74 Å². The summed E-state index contributed by atoms with van der Waals surface area (Å²) >= 11 is 5.71. The van der Waals surface area contributed by atoms with Crippen LogP contribution in [0.25, 0.3) is 0 Å². The molecule has 90 valence electrons. The van der Waals surface area contributed by atoms with E-state index in [-0.39, 0.29) is 23.5 Å². The molecule has 0 atom stereocenters.